The molecule has 0 aromatic carbocycles. The SMILES string of the molecule is CC(C)[C@@H](NC(=O)N(Cc1cccs1)C1CC1)C(=O)O. The van der Waals surface area contributed by atoms with Crippen LogP contribution in [-0.2, 0) is 11.3 Å². The van der Waals surface area contributed by atoms with Crippen LogP contribution in [0.5, 0.6) is 0 Å². The van der Waals surface area contributed by atoms with E-state index in [1.54, 1.807) is 30.1 Å². The number of hydrogen-bond acceptors (Lipinski definition) is 3. The summed E-state index contributed by atoms with van der Waals surface area (Å²) in [5.74, 6) is -1.13. The summed E-state index contributed by atoms with van der Waals surface area (Å²) in [4.78, 5) is 26.4. The van der Waals surface area contributed by atoms with Crippen LogP contribution in [-0.4, -0.2) is 34.1 Å². The molecule has 1 fully saturated rings. The van der Waals surface area contributed by atoms with Crippen LogP contribution in [0.25, 0.3) is 0 Å². The number of nitrogens with zero attached hydrogens (tertiary/aromatic N) is 1. The molecule has 1 heterocycles. The highest BCUT2D eigenvalue weighted by Crippen LogP contribution is 2.29. The third-order valence-corrected chi connectivity index (χ3v) is 4.23. The summed E-state index contributed by atoms with van der Waals surface area (Å²) in [6, 6.07) is 3.08. The molecule has 1 aromatic heterocycles. The summed E-state index contributed by atoms with van der Waals surface area (Å²) in [6.45, 7) is 4.14. The molecule has 1 saturated carbocycles. The molecule has 2 rings (SSSR count). The number of carbonyl (C=O) groups excluding carboxylic acids is 1. The van der Waals surface area contributed by atoms with Crippen molar-refractivity contribution in [1.29, 1.82) is 0 Å². The lowest BCUT2D eigenvalue weighted by Gasteiger charge is -2.26. The number of carboxylic acid groups (broad SMARTS) is 1. The average molecular weight is 296 g/mol. The van der Waals surface area contributed by atoms with Crippen LogP contribution in [0.4, 0.5) is 4.79 Å². The minimum Gasteiger partial charge on any atom is -0.480 e. The van der Waals surface area contributed by atoms with E-state index >= 15 is 0 Å². The number of carbonyl (C=O) groups is 2. The van der Waals surface area contributed by atoms with Gasteiger partial charge < -0.3 is 15.3 Å². The van der Waals surface area contributed by atoms with Crippen LogP contribution < -0.4 is 5.32 Å². The highest BCUT2D eigenvalue weighted by Gasteiger charge is 2.35. The molecular formula is C14H20N2O3S. The van der Waals surface area contributed by atoms with E-state index in [0.717, 1.165) is 17.7 Å². The van der Waals surface area contributed by atoms with Crippen LogP contribution in [0.1, 0.15) is 31.6 Å². The van der Waals surface area contributed by atoms with Crippen molar-refractivity contribution in [2.45, 2.75) is 45.3 Å². The zero-order chi connectivity index (χ0) is 14.7. The van der Waals surface area contributed by atoms with Crippen LogP contribution in [0.15, 0.2) is 17.5 Å². The Morgan fingerprint density at radius 2 is 2.20 bits per heavy atom. The first-order valence-electron chi connectivity index (χ1n) is 6.81. The summed E-state index contributed by atoms with van der Waals surface area (Å²) in [5.41, 5.74) is 0. The summed E-state index contributed by atoms with van der Waals surface area (Å²) < 4.78 is 0. The number of hydrogen-bond donors (Lipinski definition) is 2. The maximum Gasteiger partial charge on any atom is 0.326 e. The van der Waals surface area contributed by atoms with Crippen molar-refractivity contribution in [2.24, 2.45) is 5.92 Å². The fourth-order valence-electron chi connectivity index (χ4n) is 2.05. The Bertz CT molecular complexity index is 469. The Hall–Kier alpha value is -1.56. The molecule has 2 amide bonds. The van der Waals surface area contributed by atoms with Crippen LogP contribution >= 0.6 is 11.3 Å². The van der Waals surface area contributed by atoms with Gasteiger partial charge in [-0.1, -0.05) is 19.9 Å². The summed E-state index contributed by atoms with van der Waals surface area (Å²) in [6.07, 6.45) is 2.00. The first kappa shape index (κ1) is 14.8. The number of nitrogens with one attached hydrogen (secondary N) is 1. The Morgan fingerprint density at radius 3 is 2.65 bits per heavy atom. The Morgan fingerprint density at radius 1 is 1.50 bits per heavy atom. The predicted molar refractivity (Wildman–Crippen MR) is 77.7 cm³/mol. The number of amides is 2. The number of urea groups is 1. The van der Waals surface area contributed by atoms with E-state index in [1.165, 1.54) is 0 Å². The molecule has 1 atom stereocenters. The second-order valence-electron chi connectivity index (χ2n) is 5.45. The smallest absolute Gasteiger partial charge is 0.326 e. The topological polar surface area (TPSA) is 69.6 Å². The highest BCUT2D eigenvalue weighted by atomic mass is 32.1. The van der Waals surface area contributed by atoms with Crippen molar-refractivity contribution < 1.29 is 14.7 Å². The molecule has 20 heavy (non-hydrogen) atoms. The lowest BCUT2D eigenvalue weighted by molar-refractivity contribution is -0.140. The van der Waals surface area contributed by atoms with E-state index in [1.807, 2.05) is 17.5 Å². The second-order valence-corrected chi connectivity index (χ2v) is 6.48. The quantitative estimate of drug-likeness (QED) is 0.847. The van der Waals surface area contributed by atoms with Crippen LogP contribution in [0, 0.1) is 5.92 Å². The van der Waals surface area contributed by atoms with Gasteiger partial charge in [-0.25, -0.2) is 9.59 Å². The number of rotatable bonds is 6. The lowest BCUT2D eigenvalue weighted by Crippen LogP contribution is -2.50. The van der Waals surface area contributed by atoms with Crippen molar-refractivity contribution >= 4 is 23.3 Å². The van der Waals surface area contributed by atoms with Crippen molar-refractivity contribution in [3.05, 3.63) is 22.4 Å². The van der Waals surface area contributed by atoms with Crippen molar-refractivity contribution in [2.75, 3.05) is 0 Å². The predicted octanol–water partition coefficient (Wildman–Crippen LogP) is 2.53. The molecule has 6 heteroatoms. The molecule has 1 aliphatic carbocycles. The third kappa shape index (κ3) is 3.72. The third-order valence-electron chi connectivity index (χ3n) is 3.37. The van der Waals surface area contributed by atoms with Crippen LogP contribution in [0.2, 0.25) is 0 Å². The first-order chi connectivity index (χ1) is 9.49. The van der Waals surface area contributed by atoms with E-state index < -0.39 is 12.0 Å². The first-order valence-corrected chi connectivity index (χ1v) is 7.69. The van der Waals surface area contributed by atoms with E-state index in [4.69, 9.17) is 5.11 Å². The molecule has 0 bridgehead atoms. The van der Waals surface area contributed by atoms with E-state index in [9.17, 15) is 9.59 Å². The van der Waals surface area contributed by atoms with Gasteiger partial charge in [-0.15, -0.1) is 11.3 Å². The molecule has 0 aliphatic heterocycles. The minimum atomic E-state index is -0.986. The van der Waals surface area contributed by atoms with Gasteiger partial charge in [0, 0.05) is 10.9 Å². The molecule has 2 N–H and O–H groups in total. The van der Waals surface area contributed by atoms with Gasteiger partial charge in [-0.3, -0.25) is 0 Å². The zero-order valence-electron chi connectivity index (χ0n) is 11.7. The normalized spacial score (nSPS) is 15.9. The molecule has 5 nitrogen and oxygen atoms in total. The Kier molecular flexibility index (Phi) is 4.65. The number of aliphatic carboxylic acids is 1. The van der Waals surface area contributed by atoms with Gasteiger partial charge >= 0.3 is 12.0 Å². The lowest BCUT2D eigenvalue weighted by atomic mass is 10.1. The van der Waals surface area contributed by atoms with Gasteiger partial charge in [0.05, 0.1) is 6.54 Å². The molecule has 110 valence electrons. The largest absolute Gasteiger partial charge is 0.480 e. The van der Waals surface area contributed by atoms with Gasteiger partial charge in [-0.05, 0) is 30.2 Å². The summed E-state index contributed by atoms with van der Waals surface area (Å²) in [7, 11) is 0. The van der Waals surface area contributed by atoms with Crippen molar-refractivity contribution in [1.82, 2.24) is 10.2 Å². The van der Waals surface area contributed by atoms with Crippen molar-refractivity contribution in [3.8, 4) is 0 Å². The molecule has 1 aliphatic rings. The molecule has 0 saturated heterocycles. The van der Waals surface area contributed by atoms with Crippen LogP contribution in [0.3, 0.4) is 0 Å². The zero-order valence-corrected chi connectivity index (χ0v) is 12.5. The number of carboxylic acids is 1. The minimum absolute atomic E-state index is 0.140. The van der Waals surface area contributed by atoms with Gasteiger partial charge in [0.15, 0.2) is 0 Å². The maximum atomic E-state index is 12.3. The fourth-order valence-corrected chi connectivity index (χ4v) is 2.76. The monoisotopic (exact) mass is 296 g/mol. The van der Waals surface area contributed by atoms with Gasteiger partial charge in [-0.2, -0.15) is 0 Å². The maximum absolute atomic E-state index is 12.3. The molecular weight excluding hydrogens is 276 g/mol. The van der Waals surface area contributed by atoms with E-state index in [0.29, 0.717) is 6.54 Å². The Balaban J connectivity index is 2.01. The summed E-state index contributed by atoms with van der Waals surface area (Å²) in [5, 5.41) is 13.8. The van der Waals surface area contributed by atoms with E-state index in [-0.39, 0.29) is 18.0 Å². The van der Waals surface area contributed by atoms with E-state index in [2.05, 4.69) is 5.32 Å². The molecule has 0 unspecified atom stereocenters. The molecule has 1 aromatic rings. The number of thiophene rings is 1. The van der Waals surface area contributed by atoms with Crippen molar-refractivity contribution in [3.63, 3.8) is 0 Å². The second kappa shape index (κ2) is 6.26. The molecule has 0 spiro atoms. The highest BCUT2D eigenvalue weighted by molar-refractivity contribution is 7.09. The summed E-state index contributed by atoms with van der Waals surface area (Å²) >= 11 is 1.61. The molecule has 0 radical (unpaired) electrons. The van der Waals surface area contributed by atoms with Gasteiger partial charge in [0.2, 0.25) is 0 Å². The Labute approximate surface area is 122 Å². The fraction of sp³-hybridized carbons (Fsp3) is 0.571. The van der Waals surface area contributed by atoms with Gasteiger partial charge in [0.1, 0.15) is 6.04 Å². The van der Waals surface area contributed by atoms with Gasteiger partial charge in [0.25, 0.3) is 0 Å². The standard InChI is InChI=1S/C14H20N2O3S/c1-9(2)12(13(17)18)15-14(19)16(10-5-6-10)8-11-4-3-7-20-11/h3-4,7,9-10,12H,5-6,8H2,1-2H3,(H,15,19)(H,17,18)/t12-/m1/s1. The average Bonchev–Trinajstić information content (AvgIpc) is 3.09.